The zero-order valence-electron chi connectivity index (χ0n) is 11.6. The van der Waals surface area contributed by atoms with E-state index in [4.69, 9.17) is 4.74 Å². The van der Waals surface area contributed by atoms with Crippen molar-refractivity contribution >= 4 is 15.7 Å². The summed E-state index contributed by atoms with van der Waals surface area (Å²) >= 11 is 0. The first-order chi connectivity index (χ1) is 9.45. The van der Waals surface area contributed by atoms with Crippen molar-refractivity contribution in [2.24, 2.45) is 0 Å². The minimum absolute atomic E-state index is 0.0358. The van der Waals surface area contributed by atoms with E-state index >= 15 is 0 Å². The maximum absolute atomic E-state index is 12.1. The molecule has 6 heteroatoms. The Morgan fingerprint density at radius 1 is 1.45 bits per heavy atom. The number of nitrogens with one attached hydrogen (secondary N) is 1. The lowest BCUT2D eigenvalue weighted by molar-refractivity contribution is -0.121. The molecule has 0 saturated carbocycles. The number of hydrogen-bond acceptors (Lipinski definition) is 4. The molecule has 0 radical (unpaired) electrons. The van der Waals surface area contributed by atoms with Crippen LogP contribution in [-0.2, 0) is 14.6 Å². The SMILES string of the molecule is CCS(=O)(=O)[C@H](C)C(=O)N[C@@H]1CCOc2ccccc21. The van der Waals surface area contributed by atoms with Gasteiger partial charge in [0.2, 0.25) is 5.91 Å². The fourth-order valence-corrected chi connectivity index (χ4v) is 3.09. The third kappa shape index (κ3) is 2.95. The van der Waals surface area contributed by atoms with Gasteiger partial charge < -0.3 is 10.1 Å². The van der Waals surface area contributed by atoms with Crippen LogP contribution in [0.4, 0.5) is 0 Å². The van der Waals surface area contributed by atoms with Crippen LogP contribution in [0.25, 0.3) is 0 Å². The molecule has 1 aliphatic heterocycles. The van der Waals surface area contributed by atoms with Gasteiger partial charge in [-0.05, 0) is 13.0 Å². The number of rotatable bonds is 4. The molecule has 0 saturated heterocycles. The highest BCUT2D eigenvalue weighted by atomic mass is 32.2. The summed E-state index contributed by atoms with van der Waals surface area (Å²) in [6.45, 7) is 3.49. The fourth-order valence-electron chi connectivity index (χ4n) is 2.19. The summed E-state index contributed by atoms with van der Waals surface area (Å²) in [5.74, 6) is 0.259. The van der Waals surface area contributed by atoms with E-state index in [-0.39, 0.29) is 11.8 Å². The van der Waals surface area contributed by atoms with Gasteiger partial charge in [-0.2, -0.15) is 0 Å². The topological polar surface area (TPSA) is 72.5 Å². The Morgan fingerprint density at radius 3 is 2.85 bits per heavy atom. The highest BCUT2D eigenvalue weighted by Crippen LogP contribution is 2.31. The molecule has 1 aromatic rings. The number of fused-ring (bicyclic) bond motifs is 1. The Balaban J connectivity index is 2.14. The number of carbonyl (C=O) groups excluding carboxylic acids is 1. The molecule has 1 heterocycles. The van der Waals surface area contributed by atoms with E-state index in [1.165, 1.54) is 6.92 Å². The quantitative estimate of drug-likeness (QED) is 0.913. The van der Waals surface area contributed by atoms with Crippen LogP contribution in [0.3, 0.4) is 0 Å². The van der Waals surface area contributed by atoms with Crippen molar-refractivity contribution in [2.75, 3.05) is 12.4 Å². The highest BCUT2D eigenvalue weighted by Gasteiger charge is 2.30. The standard InChI is InChI=1S/C14H19NO4S/c1-3-20(17,18)10(2)14(16)15-12-8-9-19-13-7-5-4-6-11(12)13/h4-7,10,12H,3,8-9H2,1-2H3,(H,15,16)/t10-,12-/m1/s1. The van der Waals surface area contributed by atoms with Gasteiger partial charge in [0, 0.05) is 17.7 Å². The Hall–Kier alpha value is -1.56. The Morgan fingerprint density at radius 2 is 2.15 bits per heavy atom. The average molecular weight is 297 g/mol. The summed E-state index contributed by atoms with van der Waals surface area (Å²) in [5.41, 5.74) is 0.896. The van der Waals surface area contributed by atoms with E-state index in [0.717, 1.165) is 11.3 Å². The summed E-state index contributed by atoms with van der Waals surface area (Å²) in [6, 6.07) is 7.28. The lowest BCUT2D eigenvalue weighted by Crippen LogP contribution is -2.41. The van der Waals surface area contributed by atoms with Crippen molar-refractivity contribution in [3.63, 3.8) is 0 Å². The van der Waals surface area contributed by atoms with E-state index in [1.54, 1.807) is 6.92 Å². The van der Waals surface area contributed by atoms with Crippen LogP contribution in [0.15, 0.2) is 24.3 Å². The molecule has 1 aromatic carbocycles. The fraction of sp³-hybridized carbons (Fsp3) is 0.500. The first-order valence-electron chi connectivity index (χ1n) is 6.69. The molecule has 0 spiro atoms. The van der Waals surface area contributed by atoms with Gasteiger partial charge in [-0.3, -0.25) is 4.79 Å². The molecule has 1 aliphatic rings. The van der Waals surface area contributed by atoms with Crippen molar-refractivity contribution in [1.82, 2.24) is 5.32 Å². The second-order valence-electron chi connectivity index (χ2n) is 4.83. The maximum Gasteiger partial charge on any atom is 0.238 e. The van der Waals surface area contributed by atoms with Crippen LogP contribution in [0.1, 0.15) is 31.9 Å². The Bertz CT molecular complexity index is 597. The van der Waals surface area contributed by atoms with Gasteiger partial charge in [0.1, 0.15) is 11.0 Å². The number of sulfone groups is 1. The first kappa shape index (κ1) is 14.8. The first-order valence-corrected chi connectivity index (χ1v) is 8.41. The van der Waals surface area contributed by atoms with E-state index < -0.39 is 21.0 Å². The normalized spacial score (nSPS) is 19.6. The monoisotopic (exact) mass is 297 g/mol. The Labute approximate surface area is 119 Å². The van der Waals surface area contributed by atoms with Gasteiger partial charge >= 0.3 is 0 Å². The van der Waals surface area contributed by atoms with Gasteiger partial charge in [-0.1, -0.05) is 25.1 Å². The van der Waals surface area contributed by atoms with Crippen molar-refractivity contribution in [1.29, 1.82) is 0 Å². The van der Waals surface area contributed by atoms with Gasteiger partial charge in [-0.25, -0.2) is 8.42 Å². The lowest BCUT2D eigenvalue weighted by Gasteiger charge is -2.27. The smallest absolute Gasteiger partial charge is 0.238 e. The van der Waals surface area contributed by atoms with E-state index in [2.05, 4.69) is 5.32 Å². The summed E-state index contributed by atoms with van der Waals surface area (Å²) in [6.07, 6.45) is 0.641. The molecule has 0 aromatic heterocycles. The van der Waals surface area contributed by atoms with Crippen molar-refractivity contribution in [3.05, 3.63) is 29.8 Å². The molecule has 110 valence electrons. The maximum atomic E-state index is 12.1. The summed E-state index contributed by atoms with van der Waals surface area (Å²) < 4.78 is 29.0. The minimum atomic E-state index is -3.37. The number of benzene rings is 1. The summed E-state index contributed by atoms with van der Waals surface area (Å²) in [5, 5.41) is 1.79. The van der Waals surface area contributed by atoms with Crippen molar-refractivity contribution < 1.29 is 17.9 Å². The van der Waals surface area contributed by atoms with Crippen LogP contribution in [0.5, 0.6) is 5.75 Å². The second kappa shape index (κ2) is 5.83. The minimum Gasteiger partial charge on any atom is -0.493 e. The van der Waals surface area contributed by atoms with Crippen molar-refractivity contribution in [3.8, 4) is 5.75 Å². The van der Waals surface area contributed by atoms with Gasteiger partial charge in [0.25, 0.3) is 0 Å². The zero-order valence-corrected chi connectivity index (χ0v) is 12.4. The number of ether oxygens (including phenoxy) is 1. The van der Waals surface area contributed by atoms with Crippen LogP contribution in [0, 0.1) is 0 Å². The van der Waals surface area contributed by atoms with Gasteiger partial charge in [-0.15, -0.1) is 0 Å². The van der Waals surface area contributed by atoms with E-state index in [0.29, 0.717) is 13.0 Å². The number of hydrogen-bond donors (Lipinski definition) is 1. The summed E-state index contributed by atoms with van der Waals surface area (Å²) in [7, 11) is -3.37. The molecule has 1 N–H and O–H groups in total. The van der Waals surface area contributed by atoms with Crippen molar-refractivity contribution in [2.45, 2.75) is 31.6 Å². The van der Waals surface area contributed by atoms with Gasteiger partial charge in [0.05, 0.1) is 12.6 Å². The molecule has 1 amide bonds. The van der Waals surface area contributed by atoms with Gasteiger partial charge in [0.15, 0.2) is 9.84 Å². The molecular weight excluding hydrogens is 278 g/mol. The van der Waals surface area contributed by atoms with E-state index in [9.17, 15) is 13.2 Å². The molecule has 0 unspecified atom stereocenters. The predicted molar refractivity (Wildman–Crippen MR) is 76.4 cm³/mol. The average Bonchev–Trinajstić information content (AvgIpc) is 2.46. The molecule has 5 nitrogen and oxygen atoms in total. The predicted octanol–water partition coefficient (Wildman–Crippen LogP) is 1.45. The zero-order chi connectivity index (χ0) is 14.8. The third-order valence-electron chi connectivity index (χ3n) is 3.59. The molecule has 0 aliphatic carbocycles. The number of amides is 1. The van der Waals surface area contributed by atoms with Crippen LogP contribution >= 0.6 is 0 Å². The van der Waals surface area contributed by atoms with Crippen LogP contribution in [0.2, 0.25) is 0 Å². The second-order valence-corrected chi connectivity index (χ2v) is 7.44. The van der Waals surface area contributed by atoms with E-state index in [1.807, 2.05) is 24.3 Å². The largest absolute Gasteiger partial charge is 0.493 e. The molecular formula is C14H19NO4S. The Kier molecular flexibility index (Phi) is 4.32. The lowest BCUT2D eigenvalue weighted by atomic mass is 10.0. The number of carbonyl (C=O) groups is 1. The van der Waals surface area contributed by atoms with Crippen LogP contribution in [-0.4, -0.2) is 31.9 Å². The molecule has 0 bridgehead atoms. The third-order valence-corrected chi connectivity index (χ3v) is 5.68. The summed E-state index contributed by atoms with van der Waals surface area (Å²) in [4.78, 5) is 12.1. The highest BCUT2D eigenvalue weighted by molar-refractivity contribution is 7.92. The molecule has 0 fully saturated rings. The molecule has 20 heavy (non-hydrogen) atoms. The van der Waals surface area contributed by atoms with Crippen LogP contribution < -0.4 is 10.1 Å². The number of para-hydroxylation sites is 1. The molecule has 2 rings (SSSR count). The molecule has 2 atom stereocenters.